The van der Waals surface area contributed by atoms with Crippen molar-refractivity contribution in [1.82, 2.24) is 9.78 Å². The lowest BCUT2D eigenvalue weighted by atomic mass is 10.2. The quantitative estimate of drug-likeness (QED) is 0.849. The fraction of sp³-hybridized carbons (Fsp3) is 0.667. The number of hydrogen-bond acceptors (Lipinski definition) is 3. The van der Waals surface area contributed by atoms with E-state index in [0.29, 0.717) is 19.5 Å². The van der Waals surface area contributed by atoms with Crippen LogP contribution in [0.25, 0.3) is 0 Å². The van der Waals surface area contributed by atoms with E-state index in [9.17, 15) is 5.11 Å². The Balaban J connectivity index is 2.63. The summed E-state index contributed by atoms with van der Waals surface area (Å²) in [5.41, 5.74) is 7.39. The van der Waals surface area contributed by atoms with Gasteiger partial charge in [-0.1, -0.05) is 0 Å². The van der Waals surface area contributed by atoms with Crippen molar-refractivity contribution in [2.24, 2.45) is 5.73 Å². The van der Waals surface area contributed by atoms with Gasteiger partial charge >= 0.3 is 0 Å². The number of rotatable bonds is 4. The van der Waals surface area contributed by atoms with Gasteiger partial charge in [0.2, 0.25) is 0 Å². The van der Waals surface area contributed by atoms with Gasteiger partial charge < -0.3 is 10.8 Å². The number of aliphatic hydroxyl groups excluding tert-OH is 1. The molecule has 1 heterocycles. The van der Waals surface area contributed by atoms with Crippen molar-refractivity contribution in [2.45, 2.75) is 32.9 Å². The minimum absolute atomic E-state index is 0.306. The molecule has 5 heteroatoms. The molecule has 1 aromatic heterocycles. The molecule has 0 aliphatic heterocycles. The van der Waals surface area contributed by atoms with Gasteiger partial charge in [-0.2, -0.15) is 5.10 Å². The summed E-state index contributed by atoms with van der Waals surface area (Å²) in [6.07, 6.45) is 0.211. The van der Waals surface area contributed by atoms with E-state index < -0.39 is 6.10 Å². The largest absolute Gasteiger partial charge is 0.392 e. The standard InChI is InChI=1S/C9H16BrN3O/c1-6-9(10)7(2)13(12-6)4-3-8(14)5-11/h8,14H,3-5,11H2,1-2H3. The van der Waals surface area contributed by atoms with Crippen LogP contribution in [-0.2, 0) is 6.54 Å². The number of halogens is 1. The highest BCUT2D eigenvalue weighted by Crippen LogP contribution is 2.19. The van der Waals surface area contributed by atoms with Gasteiger partial charge in [-0.15, -0.1) is 0 Å². The SMILES string of the molecule is Cc1nn(CCC(O)CN)c(C)c1Br. The number of aryl methyl sites for hydroxylation is 2. The molecule has 1 unspecified atom stereocenters. The van der Waals surface area contributed by atoms with E-state index in [0.717, 1.165) is 15.9 Å². The summed E-state index contributed by atoms with van der Waals surface area (Å²) in [5.74, 6) is 0. The van der Waals surface area contributed by atoms with E-state index >= 15 is 0 Å². The molecule has 14 heavy (non-hydrogen) atoms. The van der Waals surface area contributed by atoms with Crippen molar-refractivity contribution in [3.63, 3.8) is 0 Å². The average molecular weight is 262 g/mol. The zero-order chi connectivity index (χ0) is 10.7. The van der Waals surface area contributed by atoms with Crippen LogP contribution in [0.3, 0.4) is 0 Å². The smallest absolute Gasteiger partial charge is 0.0738 e. The molecule has 1 aromatic rings. The molecule has 4 nitrogen and oxygen atoms in total. The Bertz CT molecular complexity index is 311. The van der Waals surface area contributed by atoms with Crippen LogP contribution in [0, 0.1) is 13.8 Å². The highest BCUT2D eigenvalue weighted by Gasteiger charge is 2.09. The Morgan fingerprint density at radius 1 is 1.57 bits per heavy atom. The molecule has 0 aliphatic rings. The third kappa shape index (κ3) is 2.56. The maximum atomic E-state index is 9.31. The number of aromatic nitrogens is 2. The maximum Gasteiger partial charge on any atom is 0.0738 e. The van der Waals surface area contributed by atoms with Gasteiger partial charge in [-0.25, -0.2) is 0 Å². The minimum Gasteiger partial charge on any atom is -0.392 e. The fourth-order valence-corrected chi connectivity index (χ4v) is 1.57. The van der Waals surface area contributed by atoms with Crippen LogP contribution >= 0.6 is 15.9 Å². The van der Waals surface area contributed by atoms with Gasteiger partial charge in [0.15, 0.2) is 0 Å². The summed E-state index contributed by atoms with van der Waals surface area (Å²) >= 11 is 3.45. The van der Waals surface area contributed by atoms with E-state index in [1.165, 1.54) is 0 Å². The predicted octanol–water partition coefficient (Wildman–Crippen LogP) is 0.972. The first-order valence-electron chi connectivity index (χ1n) is 4.64. The van der Waals surface area contributed by atoms with Gasteiger partial charge in [0.25, 0.3) is 0 Å². The number of nitrogens with zero attached hydrogens (tertiary/aromatic N) is 2. The van der Waals surface area contributed by atoms with Crippen molar-refractivity contribution >= 4 is 15.9 Å². The van der Waals surface area contributed by atoms with E-state index in [-0.39, 0.29) is 0 Å². The van der Waals surface area contributed by atoms with Gasteiger partial charge in [0, 0.05) is 18.8 Å². The molecule has 0 saturated heterocycles. The van der Waals surface area contributed by atoms with E-state index in [1.54, 1.807) is 0 Å². The zero-order valence-electron chi connectivity index (χ0n) is 8.50. The molecule has 0 fully saturated rings. The van der Waals surface area contributed by atoms with Crippen molar-refractivity contribution in [3.05, 3.63) is 15.9 Å². The van der Waals surface area contributed by atoms with E-state index in [2.05, 4.69) is 21.0 Å². The highest BCUT2D eigenvalue weighted by molar-refractivity contribution is 9.10. The lowest BCUT2D eigenvalue weighted by Gasteiger charge is -2.08. The van der Waals surface area contributed by atoms with Crippen molar-refractivity contribution in [2.75, 3.05) is 6.54 Å². The van der Waals surface area contributed by atoms with Crippen LogP contribution in [0.15, 0.2) is 4.47 Å². The summed E-state index contributed by atoms with van der Waals surface area (Å²) < 4.78 is 2.93. The molecule has 0 saturated carbocycles. The van der Waals surface area contributed by atoms with Crippen LogP contribution in [0.5, 0.6) is 0 Å². The van der Waals surface area contributed by atoms with Crippen molar-refractivity contribution < 1.29 is 5.11 Å². The first kappa shape index (κ1) is 11.7. The second-order valence-electron chi connectivity index (χ2n) is 3.39. The first-order chi connectivity index (χ1) is 6.56. The molecular weight excluding hydrogens is 246 g/mol. The summed E-state index contributed by atoms with van der Waals surface area (Å²) in [5, 5.41) is 13.6. The molecule has 1 atom stereocenters. The fourth-order valence-electron chi connectivity index (χ4n) is 1.28. The first-order valence-corrected chi connectivity index (χ1v) is 5.43. The van der Waals surface area contributed by atoms with Crippen LogP contribution in [0.4, 0.5) is 0 Å². The normalized spacial score (nSPS) is 13.2. The average Bonchev–Trinajstić information content (AvgIpc) is 2.42. The second-order valence-corrected chi connectivity index (χ2v) is 4.18. The number of hydrogen-bond donors (Lipinski definition) is 2. The van der Waals surface area contributed by atoms with Gasteiger partial charge in [-0.05, 0) is 36.2 Å². The lowest BCUT2D eigenvalue weighted by Crippen LogP contribution is -2.21. The second kappa shape index (κ2) is 4.91. The molecule has 0 aliphatic carbocycles. The minimum atomic E-state index is -0.433. The molecule has 0 bridgehead atoms. The molecule has 0 amide bonds. The number of aliphatic hydroxyl groups is 1. The topological polar surface area (TPSA) is 64.1 Å². The third-order valence-corrected chi connectivity index (χ3v) is 3.39. The lowest BCUT2D eigenvalue weighted by molar-refractivity contribution is 0.164. The number of nitrogens with two attached hydrogens (primary N) is 1. The van der Waals surface area contributed by atoms with Gasteiger partial charge in [0.1, 0.15) is 0 Å². The Morgan fingerprint density at radius 2 is 2.21 bits per heavy atom. The van der Waals surface area contributed by atoms with Crippen LogP contribution in [-0.4, -0.2) is 27.5 Å². The Kier molecular flexibility index (Phi) is 4.10. The molecule has 1 rings (SSSR count). The van der Waals surface area contributed by atoms with Gasteiger partial charge in [0.05, 0.1) is 16.3 Å². The molecule has 0 aromatic carbocycles. The van der Waals surface area contributed by atoms with E-state index in [1.807, 2.05) is 18.5 Å². The molecule has 80 valence electrons. The molecule has 0 radical (unpaired) electrons. The molecular formula is C9H16BrN3O. The van der Waals surface area contributed by atoms with Crippen molar-refractivity contribution in [1.29, 1.82) is 0 Å². The van der Waals surface area contributed by atoms with Crippen LogP contribution in [0.2, 0.25) is 0 Å². The molecule has 0 spiro atoms. The summed E-state index contributed by atoms with van der Waals surface area (Å²) in [4.78, 5) is 0. The zero-order valence-corrected chi connectivity index (χ0v) is 10.1. The molecule has 3 N–H and O–H groups in total. The Labute approximate surface area is 92.2 Å². The Hall–Kier alpha value is -0.390. The summed E-state index contributed by atoms with van der Waals surface area (Å²) in [6.45, 7) is 4.96. The maximum absolute atomic E-state index is 9.31. The van der Waals surface area contributed by atoms with Crippen molar-refractivity contribution in [3.8, 4) is 0 Å². The summed E-state index contributed by atoms with van der Waals surface area (Å²) in [6, 6.07) is 0. The van der Waals surface area contributed by atoms with Crippen LogP contribution < -0.4 is 5.73 Å². The van der Waals surface area contributed by atoms with E-state index in [4.69, 9.17) is 5.73 Å². The third-order valence-electron chi connectivity index (χ3n) is 2.24. The van der Waals surface area contributed by atoms with Gasteiger partial charge in [-0.3, -0.25) is 4.68 Å². The Morgan fingerprint density at radius 3 is 2.64 bits per heavy atom. The predicted molar refractivity (Wildman–Crippen MR) is 59.1 cm³/mol. The summed E-state index contributed by atoms with van der Waals surface area (Å²) in [7, 11) is 0. The van der Waals surface area contributed by atoms with Crippen LogP contribution in [0.1, 0.15) is 17.8 Å². The monoisotopic (exact) mass is 261 g/mol. The highest BCUT2D eigenvalue weighted by atomic mass is 79.9.